The van der Waals surface area contributed by atoms with E-state index in [1.165, 1.54) is 12.8 Å². The van der Waals surface area contributed by atoms with E-state index in [9.17, 15) is 0 Å². The molecule has 2 heteroatoms. The minimum absolute atomic E-state index is 0.294. The first-order valence-electron chi connectivity index (χ1n) is 7.07. The van der Waals surface area contributed by atoms with E-state index in [1.54, 1.807) is 0 Å². The first kappa shape index (κ1) is 12.0. The lowest BCUT2D eigenvalue weighted by molar-refractivity contribution is -0.302. The molecular formula is C15H26O2. The fourth-order valence-electron chi connectivity index (χ4n) is 4.61. The van der Waals surface area contributed by atoms with Crippen LogP contribution in [0.25, 0.3) is 0 Å². The molecule has 98 valence electrons. The van der Waals surface area contributed by atoms with Crippen molar-refractivity contribution in [3.63, 3.8) is 0 Å². The maximum absolute atomic E-state index is 6.00. The van der Waals surface area contributed by atoms with Crippen LogP contribution in [0, 0.1) is 28.6 Å². The Hall–Kier alpha value is -0.0800. The van der Waals surface area contributed by atoms with Gasteiger partial charge in [-0.05, 0) is 49.9 Å². The average Bonchev–Trinajstić information content (AvgIpc) is 2.80. The molecule has 0 aromatic rings. The summed E-state index contributed by atoms with van der Waals surface area (Å²) in [6, 6.07) is 0. The highest BCUT2D eigenvalue weighted by Crippen LogP contribution is 2.73. The summed E-state index contributed by atoms with van der Waals surface area (Å²) in [6.45, 7) is 13.1. The number of rotatable bonds is 0. The van der Waals surface area contributed by atoms with Crippen molar-refractivity contribution in [3.05, 3.63) is 0 Å². The third-order valence-electron chi connectivity index (χ3n) is 5.94. The van der Waals surface area contributed by atoms with E-state index >= 15 is 0 Å². The molecule has 0 bridgehead atoms. The van der Waals surface area contributed by atoms with Gasteiger partial charge in [-0.3, -0.25) is 0 Å². The Morgan fingerprint density at radius 1 is 0.941 bits per heavy atom. The van der Waals surface area contributed by atoms with Crippen LogP contribution in [-0.2, 0) is 9.47 Å². The summed E-state index contributed by atoms with van der Waals surface area (Å²) in [5, 5.41) is 0. The van der Waals surface area contributed by atoms with Crippen molar-refractivity contribution in [3.8, 4) is 0 Å². The second kappa shape index (κ2) is 3.27. The van der Waals surface area contributed by atoms with Gasteiger partial charge < -0.3 is 9.47 Å². The van der Waals surface area contributed by atoms with E-state index in [0.29, 0.717) is 10.8 Å². The summed E-state index contributed by atoms with van der Waals surface area (Å²) in [5.41, 5.74) is 0.806. The SMILES string of the molecule is C[C@@H]1CC[C@@H]2C(C2(C)C)C12COC(C)(C)OC2. The van der Waals surface area contributed by atoms with Gasteiger partial charge in [0.2, 0.25) is 0 Å². The van der Waals surface area contributed by atoms with Crippen molar-refractivity contribution < 1.29 is 9.47 Å². The van der Waals surface area contributed by atoms with Gasteiger partial charge in [0.15, 0.2) is 5.79 Å². The molecule has 2 saturated carbocycles. The maximum atomic E-state index is 6.00. The number of fused-ring (bicyclic) bond motifs is 2. The second-order valence-electron chi connectivity index (χ2n) is 7.59. The number of hydrogen-bond acceptors (Lipinski definition) is 2. The van der Waals surface area contributed by atoms with Gasteiger partial charge in [0.1, 0.15) is 0 Å². The quantitative estimate of drug-likeness (QED) is 0.643. The first-order chi connectivity index (χ1) is 7.80. The Morgan fingerprint density at radius 3 is 2.12 bits per heavy atom. The zero-order valence-corrected chi connectivity index (χ0v) is 11.9. The van der Waals surface area contributed by atoms with Gasteiger partial charge in [-0.25, -0.2) is 0 Å². The lowest BCUT2D eigenvalue weighted by atomic mass is 9.66. The molecule has 0 aromatic carbocycles. The van der Waals surface area contributed by atoms with Crippen LogP contribution in [0.5, 0.6) is 0 Å². The van der Waals surface area contributed by atoms with Gasteiger partial charge in [0.25, 0.3) is 0 Å². The number of ether oxygens (including phenoxy) is 2. The molecule has 17 heavy (non-hydrogen) atoms. The molecule has 3 atom stereocenters. The molecule has 2 aliphatic carbocycles. The van der Waals surface area contributed by atoms with Gasteiger partial charge in [0, 0.05) is 5.41 Å². The van der Waals surface area contributed by atoms with Crippen LogP contribution in [-0.4, -0.2) is 19.0 Å². The molecule has 3 aliphatic rings. The van der Waals surface area contributed by atoms with Gasteiger partial charge in [-0.2, -0.15) is 0 Å². The fourth-order valence-corrected chi connectivity index (χ4v) is 4.61. The van der Waals surface area contributed by atoms with E-state index in [1.807, 2.05) is 13.8 Å². The molecule has 1 aliphatic heterocycles. The fraction of sp³-hybridized carbons (Fsp3) is 1.00. The lowest BCUT2D eigenvalue weighted by Gasteiger charge is -2.49. The third kappa shape index (κ3) is 1.53. The van der Waals surface area contributed by atoms with Gasteiger partial charge in [-0.1, -0.05) is 20.8 Å². The molecule has 1 heterocycles. The van der Waals surface area contributed by atoms with Crippen LogP contribution in [0.4, 0.5) is 0 Å². The molecule has 1 saturated heterocycles. The Morgan fingerprint density at radius 2 is 1.53 bits per heavy atom. The van der Waals surface area contributed by atoms with Crippen LogP contribution in [0.1, 0.15) is 47.5 Å². The zero-order valence-electron chi connectivity index (χ0n) is 11.9. The highest BCUT2D eigenvalue weighted by atomic mass is 16.7. The van der Waals surface area contributed by atoms with Crippen molar-refractivity contribution in [1.82, 2.24) is 0 Å². The largest absolute Gasteiger partial charge is 0.350 e. The summed E-state index contributed by atoms with van der Waals surface area (Å²) in [6.07, 6.45) is 2.75. The Labute approximate surface area is 105 Å². The monoisotopic (exact) mass is 238 g/mol. The van der Waals surface area contributed by atoms with Crippen molar-refractivity contribution in [2.24, 2.45) is 28.6 Å². The van der Waals surface area contributed by atoms with Crippen LogP contribution < -0.4 is 0 Å². The minimum Gasteiger partial charge on any atom is -0.350 e. The molecule has 1 spiro atoms. The van der Waals surface area contributed by atoms with Crippen molar-refractivity contribution >= 4 is 0 Å². The van der Waals surface area contributed by atoms with E-state index in [2.05, 4.69) is 20.8 Å². The number of hydrogen-bond donors (Lipinski definition) is 0. The van der Waals surface area contributed by atoms with Crippen LogP contribution in [0.15, 0.2) is 0 Å². The summed E-state index contributed by atoms with van der Waals surface area (Å²) in [7, 11) is 0. The lowest BCUT2D eigenvalue weighted by Crippen LogP contribution is -2.52. The Bertz CT molecular complexity index is 322. The van der Waals surface area contributed by atoms with Crippen LogP contribution in [0.2, 0.25) is 0 Å². The molecule has 0 amide bonds. The normalized spacial score (nSPS) is 45.4. The molecule has 1 unspecified atom stereocenters. The highest BCUT2D eigenvalue weighted by Gasteiger charge is 2.70. The molecule has 0 aromatic heterocycles. The standard InChI is InChI=1S/C15H26O2/c1-10-6-7-11-12(13(11,2)3)15(10)8-16-14(4,5)17-9-15/h10-12H,6-9H2,1-5H3/t10-,11-,12?/m1/s1. The summed E-state index contributed by atoms with van der Waals surface area (Å²) >= 11 is 0. The Balaban J connectivity index is 1.86. The summed E-state index contributed by atoms with van der Waals surface area (Å²) < 4.78 is 12.0. The molecule has 0 N–H and O–H groups in total. The molecule has 3 rings (SSSR count). The maximum Gasteiger partial charge on any atom is 0.162 e. The molecular weight excluding hydrogens is 212 g/mol. The van der Waals surface area contributed by atoms with Gasteiger partial charge in [-0.15, -0.1) is 0 Å². The molecule has 3 fully saturated rings. The Kier molecular flexibility index (Phi) is 2.30. The third-order valence-corrected chi connectivity index (χ3v) is 5.94. The van der Waals surface area contributed by atoms with Crippen LogP contribution in [0.3, 0.4) is 0 Å². The van der Waals surface area contributed by atoms with E-state index in [0.717, 1.165) is 31.0 Å². The summed E-state index contributed by atoms with van der Waals surface area (Å²) in [5.74, 6) is 2.08. The molecule has 2 nitrogen and oxygen atoms in total. The average molecular weight is 238 g/mol. The van der Waals surface area contributed by atoms with Crippen molar-refractivity contribution in [2.75, 3.05) is 13.2 Å². The van der Waals surface area contributed by atoms with E-state index < -0.39 is 0 Å². The van der Waals surface area contributed by atoms with E-state index in [4.69, 9.17) is 9.47 Å². The summed E-state index contributed by atoms with van der Waals surface area (Å²) in [4.78, 5) is 0. The first-order valence-corrected chi connectivity index (χ1v) is 7.07. The highest BCUT2D eigenvalue weighted by molar-refractivity contribution is 5.17. The smallest absolute Gasteiger partial charge is 0.162 e. The zero-order chi connectivity index (χ0) is 12.5. The molecule has 0 radical (unpaired) electrons. The van der Waals surface area contributed by atoms with Gasteiger partial charge >= 0.3 is 0 Å². The predicted octanol–water partition coefficient (Wildman–Crippen LogP) is 3.46. The van der Waals surface area contributed by atoms with Crippen molar-refractivity contribution in [1.29, 1.82) is 0 Å². The van der Waals surface area contributed by atoms with Crippen LogP contribution >= 0.6 is 0 Å². The predicted molar refractivity (Wildman–Crippen MR) is 67.6 cm³/mol. The minimum atomic E-state index is -0.378. The van der Waals surface area contributed by atoms with Gasteiger partial charge in [0.05, 0.1) is 13.2 Å². The van der Waals surface area contributed by atoms with E-state index in [-0.39, 0.29) is 5.79 Å². The topological polar surface area (TPSA) is 18.5 Å². The second-order valence-corrected chi connectivity index (χ2v) is 7.59. The van der Waals surface area contributed by atoms with Crippen molar-refractivity contribution in [2.45, 2.75) is 53.2 Å².